The highest BCUT2D eigenvalue weighted by Crippen LogP contribution is 2.37. The molecular formula is C12H20. The van der Waals surface area contributed by atoms with Gasteiger partial charge in [0.1, 0.15) is 0 Å². The number of hydrogen-bond donors (Lipinski definition) is 0. The van der Waals surface area contributed by atoms with Crippen LogP contribution in [-0.2, 0) is 0 Å². The first kappa shape index (κ1) is 9.65. The third-order valence-corrected chi connectivity index (χ3v) is 3.09. The van der Waals surface area contributed by atoms with Crippen LogP contribution >= 0.6 is 0 Å². The first-order valence-electron chi connectivity index (χ1n) is 5.07. The van der Waals surface area contributed by atoms with E-state index in [0.717, 1.165) is 17.8 Å². The van der Waals surface area contributed by atoms with Gasteiger partial charge in [0, 0.05) is 5.92 Å². The second-order valence-electron chi connectivity index (χ2n) is 4.45. The van der Waals surface area contributed by atoms with Gasteiger partial charge in [-0.3, -0.25) is 0 Å². The number of rotatable bonds is 0. The molecule has 12 heavy (non-hydrogen) atoms. The minimum absolute atomic E-state index is 0.659. The van der Waals surface area contributed by atoms with E-state index in [1.807, 2.05) is 6.92 Å². The Bertz CT molecular complexity index is 182. The lowest BCUT2D eigenvalue weighted by molar-refractivity contribution is 0.179. The maximum absolute atomic E-state index is 3.35. The Hall–Kier alpha value is -0.440. The highest BCUT2D eigenvalue weighted by Gasteiger charge is 2.29. The summed E-state index contributed by atoms with van der Waals surface area (Å²) >= 11 is 0. The minimum atomic E-state index is 0.659. The molecule has 0 aliphatic heterocycles. The Morgan fingerprint density at radius 3 is 1.92 bits per heavy atom. The lowest BCUT2D eigenvalue weighted by Crippen LogP contribution is -2.27. The van der Waals surface area contributed by atoms with Gasteiger partial charge in [-0.25, -0.2) is 0 Å². The number of hydrogen-bond acceptors (Lipinski definition) is 0. The van der Waals surface area contributed by atoms with Crippen molar-refractivity contribution >= 4 is 0 Å². The molecule has 0 bridgehead atoms. The normalized spacial score (nSPS) is 41.7. The third-order valence-electron chi connectivity index (χ3n) is 3.09. The van der Waals surface area contributed by atoms with Crippen LogP contribution in [0.4, 0.5) is 0 Å². The molecular weight excluding hydrogens is 144 g/mol. The summed E-state index contributed by atoms with van der Waals surface area (Å²) in [6, 6.07) is 0. The van der Waals surface area contributed by atoms with Gasteiger partial charge in [-0.05, 0) is 37.5 Å². The van der Waals surface area contributed by atoms with E-state index >= 15 is 0 Å². The van der Waals surface area contributed by atoms with Crippen LogP contribution in [-0.4, -0.2) is 0 Å². The standard InChI is InChI=1S/C12H20/c1-5-6-12-10(3)7-9(2)8-11(12)4/h9-12H,7-8H2,1-4H3. The molecule has 2 unspecified atom stereocenters. The molecule has 0 N–H and O–H groups in total. The predicted octanol–water partition coefficient (Wildman–Crippen LogP) is 3.33. The van der Waals surface area contributed by atoms with Gasteiger partial charge in [0.05, 0.1) is 0 Å². The first-order chi connectivity index (χ1) is 5.65. The average Bonchev–Trinajstić information content (AvgIpc) is 1.96. The van der Waals surface area contributed by atoms with Gasteiger partial charge in [0.15, 0.2) is 0 Å². The Kier molecular flexibility index (Phi) is 3.20. The van der Waals surface area contributed by atoms with Gasteiger partial charge in [0.2, 0.25) is 0 Å². The van der Waals surface area contributed by atoms with E-state index in [0.29, 0.717) is 5.92 Å². The predicted molar refractivity (Wildman–Crippen MR) is 53.7 cm³/mol. The van der Waals surface area contributed by atoms with Crippen molar-refractivity contribution in [3.05, 3.63) is 0 Å². The molecule has 1 aliphatic carbocycles. The Morgan fingerprint density at radius 1 is 1.00 bits per heavy atom. The molecule has 0 amide bonds. The summed E-state index contributed by atoms with van der Waals surface area (Å²) in [7, 11) is 0. The second-order valence-corrected chi connectivity index (χ2v) is 4.45. The van der Waals surface area contributed by atoms with Crippen molar-refractivity contribution in [3.8, 4) is 11.8 Å². The van der Waals surface area contributed by atoms with Gasteiger partial charge >= 0.3 is 0 Å². The fourth-order valence-electron chi connectivity index (χ4n) is 2.67. The van der Waals surface area contributed by atoms with E-state index < -0.39 is 0 Å². The van der Waals surface area contributed by atoms with E-state index in [9.17, 15) is 0 Å². The zero-order valence-electron chi connectivity index (χ0n) is 8.72. The van der Waals surface area contributed by atoms with Crippen molar-refractivity contribution in [2.45, 2.75) is 40.5 Å². The lowest BCUT2D eigenvalue weighted by Gasteiger charge is -2.34. The fraction of sp³-hybridized carbons (Fsp3) is 0.833. The first-order valence-corrected chi connectivity index (χ1v) is 5.07. The van der Waals surface area contributed by atoms with Crippen LogP contribution in [0.2, 0.25) is 0 Å². The van der Waals surface area contributed by atoms with Gasteiger partial charge < -0.3 is 0 Å². The summed E-state index contributed by atoms with van der Waals surface area (Å²) in [5.41, 5.74) is 0. The Morgan fingerprint density at radius 2 is 1.50 bits per heavy atom. The molecule has 1 saturated carbocycles. The quantitative estimate of drug-likeness (QED) is 0.482. The van der Waals surface area contributed by atoms with Crippen LogP contribution in [0.15, 0.2) is 0 Å². The summed E-state index contributed by atoms with van der Waals surface area (Å²) in [6.07, 6.45) is 2.73. The molecule has 0 spiro atoms. The molecule has 1 rings (SSSR count). The molecule has 0 nitrogen and oxygen atoms in total. The van der Waals surface area contributed by atoms with E-state index in [2.05, 4.69) is 32.6 Å². The molecule has 0 radical (unpaired) electrons. The third kappa shape index (κ3) is 2.03. The molecule has 0 heterocycles. The SMILES string of the molecule is CC#CC1C(C)CC(C)CC1C. The van der Waals surface area contributed by atoms with Gasteiger partial charge in [0.25, 0.3) is 0 Å². The van der Waals surface area contributed by atoms with E-state index in [1.165, 1.54) is 12.8 Å². The maximum Gasteiger partial charge on any atom is 0.0254 e. The van der Waals surface area contributed by atoms with E-state index in [-0.39, 0.29) is 0 Å². The van der Waals surface area contributed by atoms with Crippen molar-refractivity contribution in [1.29, 1.82) is 0 Å². The van der Waals surface area contributed by atoms with Crippen molar-refractivity contribution in [2.24, 2.45) is 23.7 Å². The van der Waals surface area contributed by atoms with E-state index in [4.69, 9.17) is 0 Å². The summed E-state index contributed by atoms with van der Waals surface area (Å²) in [5.74, 6) is 9.59. The summed E-state index contributed by atoms with van der Waals surface area (Å²) < 4.78 is 0. The van der Waals surface area contributed by atoms with Gasteiger partial charge in [-0.15, -0.1) is 5.92 Å². The topological polar surface area (TPSA) is 0 Å². The smallest absolute Gasteiger partial charge is 0.0254 e. The molecule has 1 aliphatic rings. The van der Waals surface area contributed by atoms with Crippen LogP contribution in [0.25, 0.3) is 0 Å². The largest absolute Gasteiger partial charge is 0.106 e. The zero-order chi connectivity index (χ0) is 9.14. The lowest BCUT2D eigenvalue weighted by atomic mass is 9.70. The van der Waals surface area contributed by atoms with Gasteiger partial charge in [-0.2, -0.15) is 0 Å². The van der Waals surface area contributed by atoms with Crippen molar-refractivity contribution in [3.63, 3.8) is 0 Å². The molecule has 68 valence electrons. The summed E-state index contributed by atoms with van der Waals surface area (Å²) in [6.45, 7) is 9.02. The molecule has 0 aromatic rings. The second kappa shape index (κ2) is 3.99. The molecule has 0 aromatic carbocycles. The molecule has 0 aromatic heterocycles. The van der Waals surface area contributed by atoms with Crippen molar-refractivity contribution in [2.75, 3.05) is 0 Å². The van der Waals surface area contributed by atoms with Crippen LogP contribution in [0.1, 0.15) is 40.5 Å². The summed E-state index contributed by atoms with van der Waals surface area (Å²) in [4.78, 5) is 0. The average molecular weight is 164 g/mol. The van der Waals surface area contributed by atoms with Crippen LogP contribution in [0, 0.1) is 35.5 Å². The van der Waals surface area contributed by atoms with E-state index in [1.54, 1.807) is 0 Å². The molecule has 1 fully saturated rings. The Labute approximate surface area is 76.7 Å². The monoisotopic (exact) mass is 164 g/mol. The summed E-state index contributed by atoms with van der Waals surface area (Å²) in [5, 5.41) is 0. The fourth-order valence-corrected chi connectivity index (χ4v) is 2.67. The van der Waals surface area contributed by atoms with Crippen molar-refractivity contribution in [1.82, 2.24) is 0 Å². The van der Waals surface area contributed by atoms with Crippen LogP contribution in [0.5, 0.6) is 0 Å². The maximum atomic E-state index is 3.35. The van der Waals surface area contributed by atoms with Crippen molar-refractivity contribution < 1.29 is 0 Å². The molecule has 0 saturated heterocycles. The molecule has 0 heteroatoms. The highest BCUT2D eigenvalue weighted by atomic mass is 14.3. The molecule has 2 atom stereocenters. The zero-order valence-corrected chi connectivity index (χ0v) is 8.72. The Balaban J connectivity index is 2.64. The minimum Gasteiger partial charge on any atom is -0.106 e. The highest BCUT2D eigenvalue weighted by molar-refractivity contribution is 5.05. The van der Waals surface area contributed by atoms with Crippen LogP contribution in [0.3, 0.4) is 0 Å². The van der Waals surface area contributed by atoms with Crippen LogP contribution < -0.4 is 0 Å². The van der Waals surface area contributed by atoms with Gasteiger partial charge in [-0.1, -0.05) is 26.7 Å².